The first-order valence-electron chi connectivity index (χ1n) is 7.77. The number of hydrogen-bond acceptors (Lipinski definition) is 8. The Labute approximate surface area is 156 Å². The number of carbonyl (C=O) groups is 2. The second-order valence-electron chi connectivity index (χ2n) is 6.46. The summed E-state index contributed by atoms with van der Waals surface area (Å²) in [5.41, 5.74) is -0.587. The van der Waals surface area contributed by atoms with E-state index >= 15 is 0 Å². The van der Waals surface area contributed by atoms with E-state index in [2.05, 4.69) is 15.5 Å². The first-order valence-corrected chi connectivity index (χ1v) is 10.1. The van der Waals surface area contributed by atoms with Crippen LogP contribution in [0.4, 0.5) is 4.79 Å². The number of nitrogens with one attached hydrogen (secondary N) is 1. The van der Waals surface area contributed by atoms with Gasteiger partial charge in [-0.25, -0.2) is 4.79 Å². The van der Waals surface area contributed by atoms with E-state index in [1.54, 1.807) is 46.6 Å². The molecule has 1 heterocycles. The molecule has 0 radical (unpaired) electrons. The Hall–Kier alpha value is -1.42. The predicted molar refractivity (Wildman–Crippen MR) is 98.8 cm³/mol. The fourth-order valence-electron chi connectivity index (χ4n) is 1.62. The number of hydrogen-bond donors (Lipinski definition) is 1. The molecule has 1 aromatic heterocycles. The highest BCUT2D eigenvalue weighted by Crippen LogP contribution is 2.23. The monoisotopic (exact) mass is 390 g/mol. The van der Waals surface area contributed by atoms with Crippen LogP contribution in [0.15, 0.2) is 9.64 Å². The van der Waals surface area contributed by atoms with Gasteiger partial charge in [0.2, 0.25) is 11.8 Å². The van der Waals surface area contributed by atoms with Crippen LogP contribution >= 0.6 is 23.5 Å². The number of aromatic nitrogens is 2. The van der Waals surface area contributed by atoms with Gasteiger partial charge in [0.05, 0.1) is 5.75 Å². The SMILES string of the molecule is CSCC[C@H](NC(=O)OC(C)(C)C)c1nnc(SCC(=O)N(C)C)o1. The van der Waals surface area contributed by atoms with E-state index in [9.17, 15) is 9.59 Å². The van der Waals surface area contributed by atoms with Gasteiger partial charge in [-0.2, -0.15) is 11.8 Å². The van der Waals surface area contributed by atoms with E-state index in [4.69, 9.17) is 9.15 Å². The lowest BCUT2D eigenvalue weighted by Gasteiger charge is -2.22. The van der Waals surface area contributed by atoms with Crippen molar-refractivity contribution in [3.8, 4) is 0 Å². The van der Waals surface area contributed by atoms with Crippen LogP contribution in [-0.2, 0) is 9.53 Å². The van der Waals surface area contributed by atoms with E-state index in [-0.39, 0.29) is 11.7 Å². The molecule has 1 atom stereocenters. The Balaban J connectivity index is 2.72. The molecule has 10 heteroatoms. The highest BCUT2D eigenvalue weighted by Gasteiger charge is 2.24. The van der Waals surface area contributed by atoms with Crippen molar-refractivity contribution in [2.75, 3.05) is 31.9 Å². The second kappa shape index (κ2) is 9.91. The van der Waals surface area contributed by atoms with Gasteiger partial charge in [-0.15, -0.1) is 10.2 Å². The quantitative estimate of drug-likeness (QED) is 0.676. The Kier molecular flexibility index (Phi) is 8.57. The van der Waals surface area contributed by atoms with E-state index in [0.29, 0.717) is 17.5 Å². The van der Waals surface area contributed by atoms with E-state index < -0.39 is 17.7 Å². The molecule has 0 spiro atoms. The Morgan fingerprint density at radius 1 is 1.32 bits per heavy atom. The molecular weight excluding hydrogens is 364 g/mol. The summed E-state index contributed by atoms with van der Waals surface area (Å²) in [6, 6.07) is -0.436. The van der Waals surface area contributed by atoms with Gasteiger partial charge in [-0.05, 0) is 39.2 Å². The third-order valence-electron chi connectivity index (χ3n) is 2.84. The van der Waals surface area contributed by atoms with Crippen molar-refractivity contribution in [1.29, 1.82) is 0 Å². The molecule has 25 heavy (non-hydrogen) atoms. The smallest absolute Gasteiger partial charge is 0.408 e. The molecule has 1 aromatic rings. The zero-order valence-corrected chi connectivity index (χ0v) is 17.1. The second-order valence-corrected chi connectivity index (χ2v) is 8.38. The molecule has 0 bridgehead atoms. The van der Waals surface area contributed by atoms with Crippen LogP contribution in [-0.4, -0.2) is 64.6 Å². The summed E-state index contributed by atoms with van der Waals surface area (Å²) >= 11 is 2.82. The molecule has 8 nitrogen and oxygen atoms in total. The van der Waals surface area contributed by atoms with Crippen LogP contribution < -0.4 is 5.32 Å². The third kappa shape index (κ3) is 8.48. The van der Waals surface area contributed by atoms with Crippen molar-refractivity contribution >= 4 is 35.5 Å². The number of rotatable bonds is 8. The minimum Gasteiger partial charge on any atom is -0.444 e. The molecule has 2 amide bonds. The van der Waals surface area contributed by atoms with Gasteiger partial charge < -0.3 is 19.4 Å². The van der Waals surface area contributed by atoms with Gasteiger partial charge >= 0.3 is 6.09 Å². The van der Waals surface area contributed by atoms with Gasteiger partial charge in [-0.1, -0.05) is 11.8 Å². The molecule has 0 aromatic carbocycles. The van der Waals surface area contributed by atoms with Gasteiger partial charge in [0.1, 0.15) is 11.6 Å². The first-order chi connectivity index (χ1) is 11.6. The van der Waals surface area contributed by atoms with Gasteiger partial charge in [0, 0.05) is 14.1 Å². The van der Waals surface area contributed by atoms with Crippen molar-refractivity contribution in [3.05, 3.63) is 5.89 Å². The van der Waals surface area contributed by atoms with Gasteiger partial charge in [0.15, 0.2) is 0 Å². The number of nitrogens with zero attached hydrogens (tertiary/aromatic N) is 3. The number of thioether (sulfide) groups is 2. The molecule has 0 aliphatic carbocycles. The Morgan fingerprint density at radius 2 is 2.00 bits per heavy atom. The highest BCUT2D eigenvalue weighted by molar-refractivity contribution is 7.99. The average Bonchev–Trinajstić information content (AvgIpc) is 2.95. The number of carbonyl (C=O) groups excluding carboxylic acids is 2. The largest absolute Gasteiger partial charge is 0.444 e. The van der Waals surface area contributed by atoms with Crippen LogP contribution in [0, 0.1) is 0 Å². The molecule has 0 fully saturated rings. The van der Waals surface area contributed by atoms with Crippen molar-refractivity contribution in [2.24, 2.45) is 0 Å². The van der Waals surface area contributed by atoms with Gasteiger partial charge in [-0.3, -0.25) is 4.79 Å². The molecular formula is C15H26N4O4S2. The zero-order valence-electron chi connectivity index (χ0n) is 15.5. The number of amides is 2. The Bertz CT molecular complexity index is 572. The molecule has 1 N–H and O–H groups in total. The summed E-state index contributed by atoms with van der Waals surface area (Å²) in [7, 11) is 3.37. The van der Waals surface area contributed by atoms with Crippen LogP contribution in [0.5, 0.6) is 0 Å². The summed E-state index contributed by atoms with van der Waals surface area (Å²) in [5, 5.41) is 11.0. The molecule has 0 unspecified atom stereocenters. The summed E-state index contributed by atoms with van der Waals surface area (Å²) in [5.74, 6) is 1.28. The van der Waals surface area contributed by atoms with Crippen LogP contribution in [0.1, 0.15) is 39.1 Å². The van der Waals surface area contributed by atoms with Crippen LogP contribution in [0.2, 0.25) is 0 Å². The molecule has 0 saturated heterocycles. The minimum atomic E-state index is -0.587. The molecule has 0 saturated carbocycles. The van der Waals surface area contributed by atoms with Crippen molar-refractivity contribution in [2.45, 2.75) is 44.1 Å². The molecule has 1 rings (SSSR count). The summed E-state index contributed by atoms with van der Waals surface area (Å²) < 4.78 is 10.9. The Morgan fingerprint density at radius 3 is 2.56 bits per heavy atom. The van der Waals surface area contributed by atoms with E-state index in [1.165, 1.54) is 16.7 Å². The average molecular weight is 391 g/mol. The molecule has 0 aliphatic rings. The van der Waals surface area contributed by atoms with E-state index in [1.807, 2.05) is 6.26 Å². The first kappa shape index (κ1) is 21.6. The van der Waals surface area contributed by atoms with E-state index in [0.717, 1.165) is 5.75 Å². The van der Waals surface area contributed by atoms with Crippen LogP contribution in [0.25, 0.3) is 0 Å². The number of ether oxygens (including phenoxy) is 1. The maximum absolute atomic E-state index is 12.0. The summed E-state index contributed by atoms with van der Waals surface area (Å²) in [4.78, 5) is 25.1. The predicted octanol–water partition coefficient (Wildman–Crippen LogP) is 2.57. The van der Waals surface area contributed by atoms with Gasteiger partial charge in [0.25, 0.3) is 5.22 Å². The fraction of sp³-hybridized carbons (Fsp3) is 0.733. The lowest BCUT2D eigenvalue weighted by molar-refractivity contribution is -0.125. The molecule has 0 aliphatic heterocycles. The highest BCUT2D eigenvalue weighted by atomic mass is 32.2. The summed E-state index contributed by atoms with van der Waals surface area (Å²) in [6.45, 7) is 5.39. The lowest BCUT2D eigenvalue weighted by atomic mass is 10.2. The summed E-state index contributed by atoms with van der Waals surface area (Å²) in [6.07, 6.45) is 2.07. The standard InChI is InChI=1S/C15H26N4O4S2/c1-15(2,3)23-13(21)16-10(7-8-24-6)12-17-18-14(22-12)25-9-11(20)19(4)5/h10H,7-9H2,1-6H3,(H,16,21)/t10-/m0/s1. The van der Waals surface area contributed by atoms with Crippen LogP contribution in [0.3, 0.4) is 0 Å². The third-order valence-corrected chi connectivity index (χ3v) is 4.29. The van der Waals surface area contributed by atoms with Crippen molar-refractivity contribution in [1.82, 2.24) is 20.4 Å². The topological polar surface area (TPSA) is 97.6 Å². The maximum atomic E-state index is 12.0. The normalized spacial score (nSPS) is 12.6. The molecule has 142 valence electrons. The minimum absolute atomic E-state index is 0.0458. The van der Waals surface area contributed by atoms with Crippen molar-refractivity contribution < 1.29 is 18.7 Å². The van der Waals surface area contributed by atoms with Crippen molar-refractivity contribution in [3.63, 3.8) is 0 Å². The fourth-order valence-corrected chi connectivity index (χ4v) is 2.83. The zero-order chi connectivity index (χ0) is 19.0. The number of alkyl carbamates (subject to hydrolysis) is 1. The lowest BCUT2D eigenvalue weighted by Crippen LogP contribution is -2.35. The maximum Gasteiger partial charge on any atom is 0.408 e.